The van der Waals surface area contributed by atoms with Crippen molar-refractivity contribution in [1.82, 2.24) is 24.5 Å². The summed E-state index contributed by atoms with van der Waals surface area (Å²) in [4.78, 5) is 39.7. The molecule has 1 aliphatic heterocycles. The summed E-state index contributed by atoms with van der Waals surface area (Å²) < 4.78 is 1.87. The Morgan fingerprint density at radius 3 is 2.66 bits per heavy atom. The van der Waals surface area contributed by atoms with Gasteiger partial charge in [0.05, 0.1) is 5.52 Å². The topological polar surface area (TPSA) is 123 Å². The second kappa shape index (κ2) is 10.9. The lowest BCUT2D eigenvalue weighted by molar-refractivity contribution is -0.106. The summed E-state index contributed by atoms with van der Waals surface area (Å²) in [7, 11) is 0. The zero-order valence-electron chi connectivity index (χ0n) is 20.1. The van der Waals surface area contributed by atoms with Gasteiger partial charge in [0, 0.05) is 43.0 Å². The number of pyridine rings is 1. The van der Waals surface area contributed by atoms with E-state index >= 15 is 0 Å². The van der Waals surface area contributed by atoms with Crippen molar-refractivity contribution in [2.24, 2.45) is 5.73 Å². The minimum atomic E-state index is -0.0774. The number of nitrogens with zero attached hydrogens (tertiary/aromatic N) is 5. The number of hydrogen-bond donors (Lipinski definition) is 2. The molecule has 0 saturated carbocycles. The minimum Gasteiger partial charge on any atom is -0.372 e. The predicted octanol–water partition coefficient (Wildman–Crippen LogP) is 3.11. The zero-order valence-corrected chi connectivity index (χ0v) is 20.1. The van der Waals surface area contributed by atoms with E-state index in [-0.39, 0.29) is 18.1 Å². The Morgan fingerprint density at radius 1 is 1.14 bits per heavy atom. The van der Waals surface area contributed by atoms with Crippen LogP contribution >= 0.6 is 0 Å². The SMILES string of the molecule is Cc1cccc(CC(C)c2cc(N3CCC(n4c(=O)[nH]c5ncccc54)CC3)ncn2)c1.NC=O. The first-order valence-corrected chi connectivity index (χ1v) is 11.8. The number of benzene rings is 1. The lowest BCUT2D eigenvalue weighted by Crippen LogP contribution is -2.37. The smallest absolute Gasteiger partial charge is 0.327 e. The highest BCUT2D eigenvalue weighted by Gasteiger charge is 2.25. The Kier molecular flexibility index (Phi) is 7.54. The van der Waals surface area contributed by atoms with Crippen molar-refractivity contribution in [3.63, 3.8) is 0 Å². The van der Waals surface area contributed by atoms with Gasteiger partial charge in [-0.15, -0.1) is 0 Å². The molecule has 182 valence electrons. The van der Waals surface area contributed by atoms with Crippen LogP contribution in [0.15, 0.2) is 59.8 Å². The van der Waals surface area contributed by atoms with Crippen LogP contribution in [0.1, 0.15) is 48.5 Å². The van der Waals surface area contributed by atoms with Crippen molar-refractivity contribution < 1.29 is 4.79 Å². The van der Waals surface area contributed by atoms with Crippen molar-refractivity contribution in [2.75, 3.05) is 18.0 Å². The minimum absolute atomic E-state index is 0.0774. The predicted molar refractivity (Wildman–Crippen MR) is 136 cm³/mol. The number of nitrogens with two attached hydrogens (primary N) is 1. The molecule has 35 heavy (non-hydrogen) atoms. The molecule has 1 unspecified atom stereocenters. The largest absolute Gasteiger partial charge is 0.372 e. The molecule has 5 rings (SSSR count). The van der Waals surface area contributed by atoms with E-state index in [1.165, 1.54) is 11.1 Å². The molecule has 0 radical (unpaired) electrons. The third-order valence-corrected chi connectivity index (χ3v) is 6.45. The summed E-state index contributed by atoms with van der Waals surface area (Å²) in [6.45, 7) is 6.05. The van der Waals surface area contributed by atoms with Crippen LogP contribution in [0, 0.1) is 6.92 Å². The Morgan fingerprint density at radius 2 is 1.91 bits per heavy atom. The normalized spacial score (nSPS) is 14.9. The van der Waals surface area contributed by atoms with E-state index in [0.717, 1.165) is 49.4 Å². The van der Waals surface area contributed by atoms with Crippen LogP contribution < -0.4 is 16.3 Å². The van der Waals surface area contributed by atoms with Gasteiger partial charge in [-0.1, -0.05) is 36.8 Å². The molecule has 1 atom stereocenters. The maximum atomic E-state index is 12.5. The second-order valence-electron chi connectivity index (χ2n) is 8.92. The highest BCUT2D eigenvalue weighted by Crippen LogP contribution is 2.28. The molecule has 1 aromatic carbocycles. The van der Waals surface area contributed by atoms with Gasteiger partial charge in [-0.2, -0.15) is 0 Å². The van der Waals surface area contributed by atoms with Gasteiger partial charge in [0.25, 0.3) is 0 Å². The van der Waals surface area contributed by atoms with Gasteiger partial charge in [0.15, 0.2) is 5.65 Å². The first kappa shape index (κ1) is 24.1. The molecule has 4 aromatic rings. The number of primary amides is 1. The van der Waals surface area contributed by atoms with Crippen molar-refractivity contribution in [3.8, 4) is 0 Å². The molecular formula is C26H31N7O2. The third kappa shape index (κ3) is 5.56. The molecule has 0 aliphatic carbocycles. The number of amides is 1. The number of carbonyl (C=O) groups is 1. The molecule has 3 aromatic heterocycles. The summed E-state index contributed by atoms with van der Waals surface area (Å²) in [6.07, 6.45) is 6.37. The van der Waals surface area contributed by atoms with E-state index in [1.807, 2.05) is 16.7 Å². The number of H-pyrrole nitrogens is 1. The Bertz CT molecular complexity index is 1340. The first-order valence-electron chi connectivity index (χ1n) is 11.8. The number of carbonyl (C=O) groups excluding carboxylic acids is 1. The Balaban J connectivity index is 0.000000917. The summed E-state index contributed by atoms with van der Waals surface area (Å²) in [5, 5.41) is 0. The molecule has 0 spiro atoms. The van der Waals surface area contributed by atoms with E-state index in [1.54, 1.807) is 12.5 Å². The van der Waals surface area contributed by atoms with Gasteiger partial charge in [0.1, 0.15) is 12.1 Å². The Hall–Kier alpha value is -4.01. The highest BCUT2D eigenvalue weighted by molar-refractivity contribution is 5.70. The van der Waals surface area contributed by atoms with Crippen LogP contribution in [0.4, 0.5) is 5.82 Å². The maximum absolute atomic E-state index is 12.5. The third-order valence-electron chi connectivity index (χ3n) is 6.45. The number of aryl methyl sites for hydroxylation is 1. The molecule has 9 nitrogen and oxygen atoms in total. The van der Waals surface area contributed by atoms with Crippen LogP contribution in [0.5, 0.6) is 0 Å². The molecule has 4 heterocycles. The van der Waals surface area contributed by atoms with Gasteiger partial charge in [0.2, 0.25) is 6.41 Å². The van der Waals surface area contributed by atoms with E-state index in [9.17, 15) is 4.79 Å². The van der Waals surface area contributed by atoms with Crippen molar-refractivity contribution in [2.45, 2.75) is 45.1 Å². The number of aromatic amines is 1. The molecular weight excluding hydrogens is 442 g/mol. The number of anilines is 1. The van der Waals surface area contributed by atoms with Gasteiger partial charge in [-0.25, -0.2) is 19.7 Å². The van der Waals surface area contributed by atoms with Crippen molar-refractivity contribution in [3.05, 3.63) is 82.3 Å². The van der Waals surface area contributed by atoms with E-state index in [0.29, 0.717) is 11.6 Å². The Labute approximate surface area is 204 Å². The molecule has 9 heteroatoms. The quantitative estimate of drug-likeness (QED) is 0.430. The molecule has 0 bridgehead atoms. The standard InChI is InChI=1S/C25H28N6O.CH3NO/c1-17-5-3-6-19(13-17)14-18(2)21-15-23(28-16-27-21)30-11-8-20(9-12-30)31-22-7-4-10-26-24(22)29-25(31)32;2-1-3/h3-7,10,13,15-16,18,20H,8-9,11-12,14H2,1-2H3,(H,26,29,32);1H,(H2,2,3). The van der Waals surface area contributed by atoms with Crippen LogP contribution in [0.2, 0.25) is 0 Å². The summed E-state index contributed by atoms with van der Waals surface area (Å²) >= 11 is 0. The molecule has 1 saturated heterocycles. The fourth-order valence-electron chi connectivity index (χ4n) is 4.78. The van der Waals surface area contributed by atoms with Gasteiger partial charge in [-0.3, -0.25) is 14.3 Å². The molecule has 1 fully saturated rings. The average Bonchev–Trinajstić information content (AvgIpc) is 3.20. The fourth-order valence-corrected chi connectivity index (χ4v) is 4.78. The molecule has 1 aliphatic rings. The monoisotopic (exact) mass is 473 g/mol. The van der Waals surface area contributed by atoms with E-state index in [4.69, 9.17) is 4.79 Å². The van der Waals surface area contributed by atoms with Gasteiger partial charge < -0.3 is 10.6 Å². The summed E-state index contributed by atoms with van der Waals surface area (Å²) in [5.74, 6) is 1.28. The summed E-state index contributed by atoms with van der Waals surface area (Å²) in [6, 6.07) is 14.8. The summed E-state index contributed by atoms with van der Waals surface area (Å²) in [5.41, 5.74) is 9.31. The molecule has 1 amide bonds. The second-order valence-corrected chi connectivity index (χ2v) is 8.92. The fraction of sp³-hybridized carbons (Fsp3) is 0.346. The number of piperidine rings is 1. The van der Waals surface area contributed by atoms with Crippen LogP contribution in [0.25, 0.3) is 11.2 Å². The maximum Gasteiger partial charge on any atom is 0.327 e. The number of imidazole rings is 1. The number of aromatic nitrogens is 5. The van der Waals surface area contributed by atoms with Crippen molar-refractivity contribution in [1.29, 1.82) is 0 Å². The van der Waals surface area contributed by atoms with E-state index in [2.05, 4.69) is 74.7 Å². The van der Waals surface area contributed by atoms with Gasteiger partial charge in [-0.05, 0) is 43.9 Å². The van der Waals surface area contributed by atoms with Crippen LogP contribution in [-0.4, -0.2) is 44.0 Å². The number of nitrogens with one attached hydrogen (secondary N) is 1. The average molecular weight is 474 g/mol. The number of rotatable bonds is 5. The molecule has 3 N–H and O–H groups in total. The number of fused-ring (bicyclic) bond motifs is 1. The first-order chi connectivity index (χ1) is 17.0. The lowest BCUT2D eigenvalue weighted by Gasteiger charge is -2.33. The lowest BCUT2D eigenvalue weighted by atomic mass is 9.96. The van der Waals surface area contributed by atoms with Crippen LogP contribution in [0.3, 0.4) is 0 Å². The van der Waals surface area contributed by atoms with Crippen LogP contribution in [-0.2, 0) is 11.2 Å². The van der Waals surface area contributed by atoms with E-state index < -0.39 is 0 Å². The number of hydrogen-bond acceptors (Lipinski definition) is 6. The van der Waals surface area contributed by atoms with Gasteiger partial charge >= 0.3 is 5.69 Å². The van der Waals surface area contributed by atoms with Crippen molar-refractivity contribution >= 4 is 23.4 Å². The highest BCUT2D eigenvalue weighted by atomic mass is 16.1. The zero-order chi connectivity index (χ0) is 24.8.